The van der Waals surface area contributed by atoms with E-state index in [1.807, 2.05) is 56.3 Å². The molecule has 3 heterocycles. The van der Waals surface area contributed by atoms with Crippen LogP contribution >= 0.6 is 0 Å². The number of nitrogens with one attached hydrogen (secondary N) is 1. The minimum absolute atomic E-state index is 0.167. The van der Waals surface area contributed by atoms with Gasteiger partial charge < -0.3 is 19.5 Å². The van der Waals surface area contributed by atoms with Gasteiger partial charge in [0.05, 0.1) is 12.6 Å². The number of carbonyl (C=O) groups excluding carboxylic acids is 2. The Morgan fingerprint density at radius 1 is 1.15 bits per heavy atom. The Balaban J connectivity index is 1.63. The highest BCUT2D eigenvalue weighted by Crippen LogP contribution is 2.53. The fourth-order valence-corrected chi connectivity index (χ4v) is 5.61. The number of anilines is 1. The number of rotatable bonds is 2. The lowest BCUT2D eigenvalue weighted by Crippen LogP contribution is -2.45. The highest BCUT2D eigenvalue weighted by molar-refractivity contribution is 6.13. The van der Waals surface area contributed by atoms with E-state index in [9.17, 15) is 9.59 Å². The number of Topliss-reactive ketones (excluding diaryl/α,β-unsaturated/α-hetero) is 1. The third-order valence-corrected chi connectivity index (χ3v) is 7.12. The van der Waals surface area contributed by atoms with Crippen molar-refractivity contribution >= 4 is 28.3 Å². The van der Waals surface area contributed by atoms with Crippen LogP contribution in [-0.2, 0) is 14.3 Å². The number of aromatic nitrogens is 1. The molecule has 0 spiro atoms. The number of ketones is 1. The van der Waals surface area contributed by atoms with Crippen molar-refractivity contribution in [3.05, 3.63) is 71.1 Å². The Morgan fingerprint density at radius 2 is 1.97 bits per heavy atom. The molecule has 3 aliphatic rings. The lowest BCUT2D eigenvalue weighted by Gasteiger charge is -2.43. The van der Waals surface area contributed by atoms with Crippen LogP contribution in [0.25, 0.3) is 10.9 Å². The summed E-state index contributed by atoms with van der Waals surface area (Å²) in [6.07, 6.45) is 2.30. The fraction of sp³-hybridized carbons (Fsp3) is 0.296. The highest BCUT2D eigenvalue weighted by Gasteiger charge is 2.51. The van der Waals surface area contributed by atoms with E-state index in [1.165, 1.54) is 7.11 Å². The van der Waals surface area contributed by atoms with Crippen LogP contribution in [0.1, 0.15) is 37.3 Å². The third kappa shape index (κ3) is 2.93. The Labute approximate surface area is 196 Å². The Kier molecular flexibility index (Phi) is 4.46. The van der Waals surface area contributed by atoms with E-state index in [1.54, 1.807) is 6.20 Å². The molecule has 172 valence electrons. The molecule has 2 aromatic carbocycles. The SMILES string of the molecule is COC(=O)[C@H]1C(=O)C2=C(CC1(C)C)Nc1ccc3ncccc3c1[C@H]2c1ccc2c(c1)OCO2. The first kappa shape index (κ1) is 20.7. The van der Waals surface area contributed by atoms with Crippen LogP contribution in [-0.4, -0.2) is 30.6 Å². The number of carbonyl (C=O) groups is 2. The molecule has 3 aromatic rings. The minimum Gasteiger partial charge on any atom is -0.468 e. The van der Waals surface area contributed by atoms with Crippen LogP contribution in [0, 0.1) is 11.3 Å². The van der Waals surface area contributed by atoms with E-state index in [0.717, 1.165) is 33.4 Å². The van der Waals surface area contributed by atoms with Crippen LogP contribution in [0.2, 0.25) is 0 Å². The molecular weight excluding hydrogens is 432 g/mol. The maximum atomic E-state index is 14.1. The van der Waals surface area contributed by atoms with Crippen LogP contribution in [0.5, 0.6) is 11.5 Å². The van der Waals surface area contributed by atoms with E-state index < -0.39 is 23.2 Å². The molecule has 0 saturated carbocycles. The number of nitrogens with zero attached hydrogens (tertiary/aromatic N) is 1. The van der Waals surface area contributed by atoms with Crippen molar-refractivity contribution in [2.24, 2.45) is 11.3 Å². The van der Waals surface area contributed by atoms with Crippen molar-refractivity contribution < 1.29 is 23.8 Å². The maximum absolute atomic E-state index is 14.1. The molecule has 2 aliphatic heterocycles. The second kappa shape index (κ2) is 7.32. The number of hydrogen-bond acceptors (Lipinski definition) is 7. The molecule has 0 fully saturated rings. The van der Waals surface area contributed by atoms with Crippen molar-refractivity contribution in [1.29, 1.82) is 0 Å². The highest BCUT2D eigenvalue weighted by atomic mass is 16.7. The predicted octanol–water partition coefficient (Wildman–Crippen LogP) is 4.56. The maximum Gasteiger partial charge on any atom is 0.317 e. The van der Waals surface area contributed by atoms with Crippen molar-refractivity contribution in [2.75, 3.05) is 19.2 Å². The van der Waals surface area contributed by atoms with E-state index in [-0.39, 0.29) is 12.6 Å². The van der Waals surface area contributed by atoms with Gasteiger partial charge in [-0.2, -0.15) is 0 Å². The first-order valence-electron chi connectivity index (χ1n) is 11.3. The number of fused-ring (bicyclic) bond motifs is 4. The summed E-state index contributed by atoms with van der Waals surface area (Å²) in [7, 11) is 1.33. The summed E-state index contributed by atoms with van der Waals surface area (Å²) >= 11 is 0. The zero-order valence-corrected chi connectivity index (χ0v) is 19.2. The first-order chi connectivity index (χ1) is 16.4. The summed E-state index contributed by atoms with van der Waals surface area (Å²) in [5.74, 6) is -0.675. The smallest absolute Gasteiger partial charge is 0.317 e. The number of methoxy groups -OCH3 is 1. The van der Waals surface area contributed by atoms with Gasteiger partial charge in [0.15, 0.2) is 17.3 Å². The third-order valence-electron chi connectivity index (χ3n) is 7.12. The van der Waals surface area contributed by atoms with Gasteiger partial charge in [-0.15, -0.1) is 0 Å². The van der Waals surface area contributed by atoms with Crippen LogP contribution in [0.15, 0.2) is 59.9 Å². The topological polar surface area (TPSA) is 86.8 Å². The number of pyridine rings is 1. The minimum atomic E-state index is -0.885. The zero-order chi connectivity index (χ0) is 23.6. The van der Waals surface area contributed by atoms with Crippen LogP contribution in [0.3, 0.4) is 0 Å². The van der Waals surface area contributed by atoms with Gasteiger partial charge in [0.2, 0.25) is 6.79 Å². The second-order valence-corrected chi connectivity index (χ2v) is 9.65. The molecule has 34 heavy (non-hydrogen) atoms. The zero-order valence-electron chi connectivity index (χ0n) is 19.2. The van der Waals surface area contributed by atoms with Crippen molar-refractivity contribution in [3.63, 3.8) is 0 Å². The Hall–Kier alpha value is -3.87. The largest absolute Gasteiger partial charge is 0.468 e. The molecular formula is C27H24N2O5. The Bertz CT molecular complexity index is 1410. The molecule has 6 rings (SSSR count). The lowest BCUT2D eigenvalue weighted by atomic mass is 9.63. The standard InChI is InChI=1S/C27H24N2O5/c1-27(2)12-18-23(25(30)24(27)26(31)32-3)21(14-6-9-19-20(11-14)34-13-33-19)22-15-5-4-10-28-16(15)7-8-17(22)29-18/h4-11,21,24,29H,12-13H2,1-3H3/t21-,24-/m1/s1. The molecule has 1 aromatic heterocycles. The fourth-order valence-electron chi connectivity index (χ4n) is 5.61. The van der Waals surface area contributed by atoms with Gasteiger partial charge in [-0.25, -0.2) is 0 Å². The number of hydrogen-bond donors (Lipinski definition) is 1. The molecule has 0 saturated heterocycles. The molecule has 0 amide bonds. The number of allylic oxidation sites excluding steroid dienone is 2. The summed E-state index contributed by atoms with van der Waals surface area (Å²) in [5.41, 5.74) is 4.47. The van der Waals surface area contributed by atoms with Gasteiger partial charge in [-0.3, -0.25) is 14.6 Å². The predicted molar refractivity (Wildman–Crippen MR) is 126 cm³/mol. The molecule has 0 unspecified atom stereocenters. The monoisotopic (exact) mass is 456 g/mol. The van der Waals surface area contributed by atoms with E-state index in [0.29, 0.717) is 23.5 Å². The van der Waals surface area contributed by atoms with Gasteiger partial charge in [-0.05, 0) is 53.3 Å². The van der Waals surface area contributed by atoms with E-state index in [4.69, 9.17) is 14.2 Å². The first-order valence-corrected chi connectivity index (χ1v) is 11.3. The normalized spacial score (nSPS) is 22.1. The second-order valence-electron chi connectivity index (χ2n) is 9.65. The summed E-state index contributed by atoms with van der Waals surface area (Å²) in [6, 6.07) is 13.7. The van der Waals surface area contributed by atoms with E-state index >= 15 is 0 Å². The van der Waals surface area contributed by atoms with Crippen molar-refractivity contribution in [3.8, 4) is 11.5 Å². The molecule has 2 atom stereocenters. The molecule has 7 heteroatoms. The van der Waals surface area contributed by atoms with Crippen molar-refractivity contribution in [1.82, 2.24) is 4.98 Å². The number of esters is 1. The van der Waals surface area contributed by atoms with Crippen molar-refractivity contribution in [2.45, 2.75) is 26.2 Å². The van der Waals surface area contributed by atoms with Gasteiger partial charge in [0.1, 0.15) is 5.92 Å². The van der Waals surface area contributed by atoms with E-state index in [2.05, 4.69) is 10.3 Å². The summed E-state index contributed by atoms with van der Waals surface area (Å²) in [5, 5.41) is 4.48. The quantitative estimate of drug-likeness (QED) is 0.447. The van der Waals surface area contributed by atoms with Gasteiger partial charge in [-0.1, -0.05) is 26.0 Å². The lowest BCUT2D eigenvalue weighted by molar-refractivity contribution is -0.154. The summed E-state index contributed by atoms with van der Waals surface area (Å²) < 4.78 is 16.2. The number of benzene rings is 2. The molecule has 7 nitrogen and oxygen atoms in total. The molecule has 0 bridgehead atoms. The summed E-state index contributed by atoms with van der Waals surface area (Å²) in [4.78, 5) is 31.4. The average Bonchev–Trinajstić information content (AvgIpc) is 3.29. The average molecular weight is 456 g/mol. The number of ether oxygens (including phenoxy) is 3. The van der Waals surface area contributed by atoms with Gasteiger partial charge >= 0.3 is 5.97 Å². The molecule has 0 radical (unpaired) electrons. The van der Waals surface area contributed by atoms with Gasteiger partial charge in [0, 0.05) is 34.5 Å². The van der Waals surface area contributed by atoms with Crippen LogP contribution < -0.4 is 14.8 Å². The Morgan fingerprint density at radius 3 is 2.79 bits per heavy atom. The molecule has 1 aliphatic carbocycles. The van der Waals surface area contributed by atoms with Gasteiger partial charge in [0.25, 0.3) is 0 Å². The summed E-state index contributed by atoms with van der Waals surface area (Å²) in [6.45, 7) is 4.04. The van der Waals surface area contributed by atoms with Crippen LogP contribution in [0.4, 0.5) is 5.69 Å². The molecule has 1 N–H and O–H groups in total.